The minimum Gasteiger partial charge on any atom is -0.367 e. The molecular formula is C24H24BrF3N4OS2. The minimum absolute atomic E-state index is 0.0482. The summed E-state index contributed by atoms with van der Waals surface area (Å²) in [5, 5.41) is 4.64. The number of carbonyl (C=O) groups excluding carboxylic acids is 1. The molecule has 0 unspecified atom stereocenters. The molecule has 2 heterocycles. The number of nitrogens with zero attached hydrogens (tertiary/aromatic N) is 3. The predicted octanol–water partition coefficient (Wildman–Crippen LogP) is 6.46. The van der Waals surface area contributed by atoms with E-state index >= 15 is 0 Å². The molecule has 1 aliphatic rings. The largest absolute Gasteiger partial charge is 0.416 e. The number of hydrogen-bond acceptors (Lipinski definition) is 6. The van der Waals surface area contributed by atoms with Gasteiger partial charge >= 0.3 is 6.18 Å². The number of thiazole rings is 1. The van der Waals surface area contributed by atoms with Crippen LogP contribution >= 0.6 is 39.0 Å². The zero-order chi connectivity index (χ0) is 25.0. The maximum atomic E-state index is 13.4. The molecule has 1 saturated heterocycles. The molecule has 0 spiro atoms. The third kappa shape index (κ3) is 6.78. The van der Waals surface area contributed by atoms with Crippen molar-refractivity contribution in [1.29, 1.82) is 0 Å². The molecule has 0 atom stereocenters. The lowest BCUT2D eigenvalue weighted by molar-refractivity contribution is -0.137. The van der Waals surface area contributed by atoms with Crippen LogP contribution in [0.2, 0.25) is 0 Å². The standard InChI is InChI=1S/C24H24BrF3N4OS2/c1-2-31-9-11-32(12-10-31)21-8-5-17(24(26,27)28)13-19(21)29-22(33)15-35-23-30-20(14-34-23)16-3-6-18(25)7-4-16/h3-8,13-14H,2,9-12,15H2,1H3,(H,29,33). The number of carbonyl (C=O) groups is 1. The molecule has 11 heteroatoms. The minimum atomic E-state index is -4.49. The number of rotatable bonds is 7. The summed E-state index contributed by atoms with van der Waals surface area (Å²) < 4.78 is 41.8. The zero-order valence-corrected chi connectivity index (χ0v) is 22.2. The van der Waals surface area contributed by atoms with E-state index < -0.39 is 11.7 Å². The van der Waals surface area contributed by atoms with Crippen LogP contribution in [0.25, 0.3) is 11.3 Å². The molecule has 0 aliphatic carbocycles. The molecule has 3 aromatic rings. The van der Waals surface area contributed by atoms with E-state index in [-0.39, 0.29) is 17.3 Å². The SMILES string of the molecule is CCN1CCN(c2ccc(C(F)(F)F)cc2NC(=O)CSc2nc(-c3ccc(Br)cc3)cs2)CC1. The molecule has 186 valence electrons. The Balaban J connectivity index is 1.44. The van der Waals surface area contributed by atoms with Crippen LogP contribution in [0.1, 0.15) is 12.5 Å². The van der Waals surface area contributed by atoms with Crippen molar-refractivity contribution < 1.29 is 18.0 Å². The van der Waals surface area contributed by atoms with E-state index in [2.05, 4.69) is 38.1 Å². The summed E-state index contributed by atoms with van der Waals surface area (Å²) in [5.41, 5.74) is 1.80. The van der Waals surface area contributed by atoms with Crippen molar-refractivity contribution in [3.63, 3.8) is 0 Å². The monoisotopic (exact) mass is 584 g/mol. The molecule has 1 aromatic heterocycles. The fourth-order valence-corrected chi connectivity index (χ4v) is 5.68. The van der Waals surface area contributed by atoms with Gasteiger partial charge in [-0.15, -0.1) is 11.3 Å². The number of nitrogens with one attached hydrogen (secondary N) is 1. The second kappa shape index (κ2) is 11.3. The average molecular weight is 586 g/mol. The normalized spacial score (nSPS) is 14.8. The van der Waals surface area contributed by atoms with Crippen molar-refractivity contribution in [2.75, 3.05) is 48.7 Å². The number of thioether (sulfide) groups is 1. The van der Waals surface area contributed by atoms with Gasteiger partial charge in [0, 0.05) is 41.6 Å². The predicted molar refractivity (Wildman–Crippen MR) is 140 cm³/mol. The van der Waals surface area contributed by atoms with Crippen molar-refractivity contribution >= 4 is 56.3 Å². The molecule has 2 aromatic carbocycles. The number of alkyl halides is 3. The molecule has 1 amide bonds. The molecule has 0 radical (unpaired) electrons. The van der Waals surface area contributed by atoms with E-state index in [1.807, 2.05) is 34.5 Å². The number of likely N-dealkylation sites (N-methyl/N-ethyl adjacent to an activating group) is 1. The maximum absolute atomic E-state index is 13.4. The molecule has 1 aliphatic heterocycles. The first kappa shape index (κ1) is 26.0. The Hall–Kier alpha value is -2.08. The fourth-order valence-electron chi connectivity index (χ4n) is 3.78. The number of benzene rings is 2. The maximum Gasteiger partial charge on any atom is 0.416 e. The molecule has 0 saturated carbocycles. The highest BCUT2D eigenvalue weighted by atomic mass is 79.9. The summed E-state index contributed by atoms with van der Waals surface area (Å²) >= 11 is 6.10. The number of aromatic nitrogens is 1. The quantitative estimate of drug-likeness (QED) is 0.323. The molecule has 0 bridgehead atoms. The van der Waals surface area contributed by atoms with Gasteiger partial charge in [0.05, 0.1) is 28.4 Å². The van der Waals surface area contributed by atoms with Gasteiger partial charge in [-0.1, -0.05) is 46.7 Å². The van der Waals surface area contributed by atoms with Gasteiger partial charge in [-0.25, -0.2) is 4.98 Å². The van der Waals surface area contributed by atoms with Crippen molar-refractivity contribution in [3.05, 3.63) is 57.9 Å². The summed E-state index contributed by atoms with van der Waals surface area (Å²) in [7, 11) is 0. The van der Waals surface area contributed by atoms with Gasteiger partial charge in [0.1, 0.15) is 0 Å². The van der Waals surface area contributed by atoms with Gasteiger partial charge in [0.2, 0.25) is 5.91 Å². The summed E-state index contributed by atoms with van der Waals surface area (Å²) in [6, 6.07) is 11.3. The topological polar surface area (TPSA) is 48.5 Å². The van der Waals surface area contributed by atoms with Gasteiger partial charge in [-0.2, -0.15) is 13.2 Å². The van der Waals surface area contributed by atoms with Gasteiger partial charge < -0.3 is 15.1 Å². The van der Waals surface area contributed by atoms with Crippen LogP contribution in [0.3, 0.4) is 0 Å². The van der Waals surface area contributed by atoms with Crippen LogP contribution in [0, 0.1) is 0 Å². The van der Waals surface area contributed by atoms with Gasteiger partial charge in [0.15, 0.2) is 4.34 Å². The van der Waals surface area contributed by atoms with Crippen LogP contribution in [-0.4, -0.2) is 54.3 Å². The smallest absolute Gasteiger partial charge is 0.367 e. The van der Waals surface area contributed by atoms with Crippen LogP contribution < -0.4 is 10.2 Å². The number of piperazine rings is 1. The first-order valence-corrected chi connectivity index (χ1v) is 13.7. The lowest BCUT2D eigenvalue weighted by atomic mass is 10.1. The second-order valence-corrected chi connectivity index (χ2v) is 11.0. The number of anilines is 2. The molecule has 4 rings (SSSR count). The molecule has 1 N–H and O–H groups in total. The third-order valence-corrected chi connectivity index (χ3v) is 8.26. The van der Waals surface area contributed by atoms with Gasteiger partial charge in [-0.3, -0.25) is 4.79 Å². The summed E-state index contributed by atoms with van der Waals surface area (Å²) in [5.74, 6) is -0.324. The molecular weight excluding hydrogens is 561 g/mol. The number of halogens is 4. The van der Waals surface area contributed by atoms with E-state index in [0.717, 1.165) is 51.8 Å². The Bertz CT molecular complexity index is 1160. The summed E-state index contributed by atoms with van der Waals surface area (Å²) in [6.45, 7) is 6.05. The highest BCUT2D eigenvalue weighted by Crippen LogP contribution is 2.36. The van der Waals surface area contributed by atoms with E-state index in [1.54, 1.807) is 0 Å². The Labute approximate surface area is 218 Å². The lowest BCUT2D eigenvalue weighted by Gasteiger charge is -2.36. The van der Waals surface area contributed by atoms with Gasteiger partial charge in [0.25, 0.3) is 0 Å². The van der Waals surface area contributed by atoms with Crippen LogP contribution in [-0.2, 0) is 11.0 Å². The summed E-state index contributed by atoms with van der Waals surface area (Å²) in [4.78, 5) is 21.6. The van der Waals surface area contributed by atoms with Crippen molar-refractivity contribution in [3.8, 4) is 11.3 Å². The number of hydrogen-bond donors (Lipinski definition) is 1. The van der Waals surface area contributed by atoms with Crippen LogP contribution in [0.5, 0.6) is 0 Å². The van der Waals surface area contributed by atoms with Crippen molar-refractivity contribution in [1.82, 2.24) is 9.88 Å². The first-order valence-electron chi connectivity index (χ1n) is 11.1. The van der Waals surface area contributed by atoms with Crippen molar-refractivity contribution in [2.45, 2.75) is 17.4 Å². The Morgan fingerprint density at radius 2 is 1.86 bits per heavy atom. The van der Waals surface area contributed by atoms with E-state index in [1.165, 1.54) is 29.2 Å². The highest BCUT2D eigenvalue weighted by Gasteiger charge is 2.32. The average Bonchev–Trinajstić information content (AvgIpc) is 3.32. The van der Waals surface area contributed by atoms with Gasteiger partial charge in [-0.05, 0) is 36.9 Å². The number of amides is 1. The zero-order valence-electron chi connectivity index (χ0n) is 18.9. The van der Waals surface area contributed by atoms with Crippen LogP contribution in [0.15, 0.2) is 56.7 Å². The third-order valence-electron chi connectivity index (χ3n) is 5.71. The highest BCUT2D eigenvalue weighted by molar-refractivity contribution is 9.10. The van der Waals surface area contributed by atoms with Crippen LogP contribution in [0.4, 0.5) is 24.5 Å². The fraction of sp³-hybridized carbons (Fsp3) is 0.333. The summed E-state index contributed by atoms with van der Waals surface area (Å²) in [6.07, 6.45) is -4.49. The Morgan fingerprint density at radius 3 is 2.51 bits per heavy atom. The molecule has 1 fully saturated rings. The lowest BCUT2D eigenvalue weighted by Crippen LogP contribution is -2.46. The second-order valence-electron chi connectivity index (χ2n) is 7.99. The Kier molecular flexibility index (Phi) is 8.41. The van der Waals surface area contributed by atoms with E-state index in [9.17, 15) is 18.0 Å². The van der Waals surface area contributed by atoms with E-state index in [0.29, 0.717) is 18.8 Å². The Morgan fingerprint density at radius 1 is 1.14 bits per heavy atom. The van der Waals surface area contributed by atoms with Crippen molar-refractivity contribution in [2.24, 2.45) is 0 Å². The molecule has 35 heavy (non-hydrogen) atoms. The molecule has 5 nitrogen and oxygen atoms in total. The first-order chi connectivity index (χ1) is 16.7. The van der Waals surface area contributed by atoms with E-state index in [4.69, 9.17) is 0 Å².